The van der Waals surface area contributed by atoms with Crippen molar-refractivity contribution in [2.24, 2.45) is 0 Å². The fourth-order valence-corrected chi connectivity index (χ4v) is 5.23. The molecule has 38 heavy (non-hydrogen) atoms. The van der Waals surface area contributed by atoms with Crippen molar-refractivity contribution in [3.05, 3.63) is 90.3 Å². The van der Waals surface area contributed by atoms with E-state index in [0.717, 1.165) is 10.5 Å². The van der Waals surface area contributed by atoms with Gasteiger partial charge in [-0.25, -0.2) is 9.69 Å². The second kappa shape index (κ2) is 11.7. The first-order valence-corrected chi connectivity index (χ1v) is 13.2. The third-order valence-corrected chi connectivity index (χ3v) is 7.04. The number of nitrogens with one attached hydrogen (secondary N) is 2. The molecule has 194 valence electrons. The first-order valence-electron chi connectivity index (χ1n) is 10.9. The molecule has 1 heterocycles. The summed E-state index contributed by atoms with van der Waals surface area (Å²) in [4.78, 5) is 51.8. The van der Waals surface area contributed by atoms with Gasteiger partial charge in [0.1, 0.15) is 11.3 Å². The monoisotopic (exact) mass is 679 g/mol. The number of halogens is 4. The van der Waals surface area contributed by atoms with Gasteiger partial charge in [0, 0.05) is 15.7 Å². The highest BCUT2D eigenvalue weighted by atomic mass is 79.9. The van der Waals surface area contributed by atoms with Crippen LogP contribution in [0.2, 0.25) is 10.0 Å². The quantitative estimate of drug-likeness (QED) is 0.228. The van der Waals surface area contributed by atoms with Gasteiger partial charge in [0.15, 0.2) is 6.61 Å². The number of benzene rings is 3. The zero-order chi connectivity index (χ0) is 27.6. The lowest BCUT2D eigenvalue weighted by Crippen LogP contribution is -2.54. The Balaban J connectivity index is 1.63. The van der Waals surface area contributed by atoms with Gasteiger partial charge in [0.05, 0.1) is 20.2 Å². The van der Waals surface area contributed by atoms with Crippen molar-refractivity contribution < 1.29 is 23.9 Å². The van der Waals surface area contributed by atoms with Crippen LogP contribution in [0.3, 0.4) is 0 Å². The summed E-state index contributed by atoms with van der Waals surface area (Å²) in [6.07, 6.45) is 1.28. The molecule has 0 spiro atoms. The molecule has 0 aliphatic carbocycles. The van der Waals surface area contributed by atoms with Crippen LogP contribution >= 0.6 is 55.1 Å². The smallest absolute Gasteiger partial charge is 0.335 e. The first-order chi connectivity index (χ1) is 18.0. The standard InChI is InChI=1S/C26H17Br2Cl2N3O5/c1-13-3-2-4-16(7-13)31-22(34)12-38-23-14(8-15(27)10-19(23)28)9-18-24(35)32-26(37)33(25(18)36)17-5-6-20(29)21(30)11-17/h2-11H,12H2,1H3,(H,31,34)(H,32,35,37)/b18-9-. The van der Waals surface area contributed by atoms with Crippen LogP contribution in [0.1, 0.15) is 11.1 Å². The van der Waals surface area contributed by atoms with Crippen LogP contribution in [-0.2, 0) is 14.4 Å². The maximum absolute atomic E-state index is 13.3. The Morgan fingerprint density at radius 1 is 1.05 bits per heavy atom. The predicted molar refractivity (Wildman–Crippen MR) is 153 cm³/mol. The number of anilines is 2. The zero-order valence-corrected chi connectivity index (χ0v) is 24.2. The molecular weight excluding hydrogens is 665 g/mol. The van der Waals surface area contributed by atoms with E-state index in [-0.39, 0.29) is 33.7 Å². The number of hydrogen-bond donors (Lipinski definition) is 2. The molecule has 3 aromatic rings. The van der Waals surface area contributed by atoms with Crippen LogP contribution in [0.5, 0.6) is 5.75 Å². The first kappa shape index (κ1) is 27.8. The predicted octanol–water partition coefficient (Wildman–Crippen LogP) is 6.51. The molecule has 4 rings (SSSR count). The van der Waals surface area contributed by atoms with Crippen molar-refractivity contribution in [2.45, 2.75) is 6.92 Å². The van der Waals surface area contributed by atoms with Crippen molar-refractivity contribution in [3.8, 4) is 5.75 Å². The number of carbonyl (C=O) groups is 4. The molecule has 0 atom stereocenters. The lowest BCUT2D eigenvalue weighted by atomic mass is 10.1. The van der Waals surface area contributed by atoms with E-state index < -0.39 is 23.8 Å². The van der Waals surface area contributed by atoms with Crippen molar-refractivity contribution in [3.63, 3.8) is 0 Å². The van der Waals surface area contributed by atoms with Gasteiger partial charge < -0.3 is 10.1 Å². The van der Waals surface area contributed by atoms with Crippen LogP contribution in [0.15, 0.2) is 69.1 Å². The van der Waals surface area contributed by atoms with Crippen LogP contribution in [0, 0.1) is 6.92 Å². The fourth-order valence-electron chi connectivity index (χ4n) is 3.57. The number of hydrogen-bond acceptors (Lipinski definition) is 5. The lowest BCUT2D eigenvalue weighted by Gasteiger charge is -2.26. The molecule has 0 saturated carbocycles. The molecule has 1 aliphatic heterocycles. The van der Waals surface area contributed by atoms with Gasteiger partial charge >= 0.3 is 6.03 Å². The van der Waals surface area contributed by atoms with Gasteiger partial charge in [-0.1, -0.05) is 51.3 Å². The van der Waals surface area contributed by atoms with Gasteiger partial charge in [-0.2, -0.15) is 0 Å². The second-order valence-corrected chi connectivity index (χ2v) is 10.7. The van der Waals surface area contributed by atoms with Crippen LogP contribution < -0.4 is 20.3 Å². The lowest BCUT2D eigenvalue weighted by molar-refractivity contribution is -0.122. The Hall–Kier alpha value is -3.18. The number of nitrogens with zero attached hydrogens (tertiary/aromatic N) is 1. The van der Waals surface area contributed by atoms with Crippen molar-refractivity contribution in [2.75, 3.05) is 16.8 Å². The zero-order valence-electron chi connectivity index (χ0n) is 19.5. The topological polar surface area (TPSA) is 105 Å². The van der Waals surface area contributed by atoms with E-state index in [1.165, 1.54) is 24.3 Å². The summed E-state index contributed by atoms with van der Waals surface area (Å²) >= 11 is 18.8. The third kappa shape index (κ3) is 6.27. The Morgan fingerprint density at radius 2 is 1.82 bits per heavy atom. The van der Waals surface area contributed by atoms with Gasteiger partial charge in [-0.3, -0.25) is 19.7 Å². The van der Waals surface area contributed by atoms with Crippen molar-refractivity contribution >= 4 is 96.3 Å². The molecule has 8 nitrogen and oxygen atoms in total. The van der Waals surface area contributed by atoms with Gasteiger partial charge in [0.2, 0.25) is 0 Å². The summed E-state index contributed by atoms with van der Waals surface area (Å²) in [6.45, 7) is 1.56. The summed E-state index contributed by atoms with van der Waals surface area (Å²) < 4.78 is 6.85. The highest BCUT2D eigenvalue weighted by molar-refractivity contribution is 9.11. The minimum atomic E-state index is -0.935. The Kier molecular flexibility index (Phi) is 8.57. The highest BCUT2D eigenvalue weighted by Crippen LogP contribution is 2.35. The Morgan fingerprint density at radius 3 is 2.53 bits per heavy atom. The van der Waals surface area contributed by atoms with Gasteiger partial charge in [-0.15, -0.1) is 0 Å². The van der Waals surface area contributed by atoms with Gasteiger partial charge in [0.25, 0.3) is 17.7 Å². The number of barbiturate groups is 1. The molecular formula is C26H17Br2Cl2N3O5. The number of amides is 5. The molecule has 5 amide bonds. The Labute approximate surface area is 244 Å². The summed E-state index contributed by atoms with van der Waals surface area (Å²) in [7, 11) is 0. The minimum absolute atomic E-state index is 0.125. The SMILES string of the molecule is Cc1cccc(NC(=O)COc2c(Br)cc(Br)cc2/C=C2/C(=O)NC(=O)N(c3ccc(Cl)c(Cl)c3)C2=O)c1. The van der Waals surface area contributed by atoms with E-state index >= 15 is 0 Å². The molecule has 0 unspecified atom stereocenters. The Bertz CT molecular complexity index is 1530. The molecule has 1 saturated heterocycles. The number of urea groups is 1. The molecule has 3 aromatic carbocycles. The molecule has 0 radical (unpaired) electrons. The normalized spacial score (nSPS) is 14.5. The highest BCUT2D eigenvalue weighted by Gasteiger charge is 2.37. The molecule has 1 fully saturated rings. The molecule has 0 aromatic heterocycles. The number of imide groups is 2. The maximum atomic E-state index is 13.3. The van der Waals surface area contributed by atoms with E-state index in [1.54, 1.807) is 18.2 Å². The van der Waals surface area contributed by atoms with Crippen LogP contribution in [0.4, 0.5) is 16.2 Å². The van der Waals surface area contributed by atoms with Gasteiger partial charge in [-0.05, 0) is 77.0 Å². The number of aryl methyl sites for hydroxylation is 1. The summed E-state index contributed by atoms with van der Waals surface area (Å²) in [5.74, 6) is -1.97. The molecule has 0 bridgehead atoms. The van der Waals surface area contributed by atoms with Crippen LogP contribution in [-0.4, -0.2) is 30.4 Å². The van der Waals surface area contributed by atoms with E-state index in [4.69, 9.17) is 27.9 Å². The average Bonchev–Trinajstić information content (AvgIpc) is 2.83. The van der Waals surface area contributed by atoms with E-state index in [9.17, 15) is 19.2 Å². The third-order valence-electron chi connectivity index (χ3n) is 5.25. The van der Waals surface area contributed by atoms with E-state index in [2.05, 4.69) is 42.5 Å². The molecule has 12 heteroatoms. The summed E-state index contributed by atoms with van der Waals surface area (Å²) in [5, 5.41) is 5.26. The van der Waals surface area contributed by atoms with E-state index in [0.29, 0.717) is 20.2 Å². The minimum Gasteiger partial charge on any atom is -0.482 e. The second-order valence-electron chi connectivity index (χ2n) is 8.07. The van der Waals surface area contributed by atoms with Crippen molar-refractivity contribution in [1.82, 2.24) is 5.32 Å². The number of ether oxygens (including phenoxy) is 1. The van der Waals surface area contributed by atoms with E-state index in [1.807, 2.05) is 25.1 Å². The maximum Gasteiger partial charge on any atom is 0.335 e. The molecule has 1 aliphatic rings. The largest absolute Gasteiger partial charge is 0.482 e. The summed E-state index contributed by atoms with van der Waals surface area (Å²) in [5.41, 5.74) is 1.69. The molecule has 2 N–H and O–H groups in total. The number of carbonyl (C=O) groups excluding carboxylic acids is 4. The van der Waals surface area contributed by atoms with Crippen LogP contribution in [0.25, 0.3) is 6.08 Å². The summed E-state index contributed by atoms with van der Waals surface area (Å²) in [6, 6.07) is 13.8. The van der Waals surface area contributed by atoms with Crippen molar-refractivity contribution in [1.29, 1.82) is 0 Å². The average molecular weight is 682 g/mol. The number of rotatable bonds is 6. The fraction of sp³-hybridized carbons (Fsp3) is 0.0769.